The lowest BCUT2D eigenvalue weighted by Gasteiger charge is -2.09. The predicted octanol–water partition coefficient (Wildman–Crippen LogP) is 6.08. The number of carbonyl (C=O) groups excluding carboxylic acids is 1. The van der Waals surface area contributed by atoms with Crippen molar-refractivity contribution in [2.24, 2.45) is 0 Å². The molecule has 0 atom stereocenters. The van der Waals surface area contributed by atoms with Crippen LogP contribution in [0.25, 0.3) is 6.08 Å². The van der Waals surface area contributed by atoms with Gasteiger partial charge in [0.05, 0.1) is 0 Å². The maximum absolute atomic E-state index is 12.5. The van der Waals surface area contributed by atoms with Crippen molar-refractivity contribution >= 4 is 29.3 Å². The zero-order valence-corrected chi connectivity index (χ0v) is 17.5. The minimum absolute atomic E-state index is 0.0331. The molecule has 0 bridgehead atoms. The number of benzene rings is 3. The van der Waals surface area contributed by atoms with Gasteiger partial charge in [-0.2, -0.15) is 5.26 Å². The van der Waals surface area contributed by atoms with Crippen LogP contribution in [-0.4, -0.2) is 5.91 Å². The van der Waals surface area contributed by atoms with E-state index in [9.17, 15) is 10.1 Å². The topological polar surface area (TPSA) is 62.1 Å². The van der Waals surface area contributed by atoms with E-state index in [0.717, 1.165) is 22.3 Å². The van der Waals surface area contributed by atoms with Gasteiger partial charge in [-0.15, -0.1) is 0 Å². The average Bonchev–Trinajstić information content (AvgIpc) is 2.75. The normalized spacial score (nSPS) is 10.9. The lowest BCUT2D eigenvalue weighted by molar-refractivity contribution is -0.112. The highest BCUT2D eigenvalue weighted by atomic mass is 35.5. The predicted molar refractivity (Wildman–Crippen MR) is 120 cm³/mol. The molecule has 0 aliphatic rings. The molecule has 3 rings (SSSR count). The van der Waals surface area contributed by atoms with Gasteiger partial charge in [-0.05, 0) is 72.5 Å². The smallest absolute Gasteiger partial charge is 0.266 e. The summed E-state index contributed by atoms with van der Waals surface area (Å²) in [4.78, 5) is 12.5. The number of nitriles is 1. The average molecular weight is 417 g/mol. The van der Waals surface area contributed by atoms with Gasteiger partial charge >= 0.3 is 0 Å². The van der Waals surface area contributed by atoms with Crippen LogP contribution in [0, 0.1) is 25.2 Å². The standard InChI is InChI=1S/C25H21ClN2O2/c1-17-3-4-18(2)24(13-17)28-25(29)21(15-27)14-19-7-11-23(12-8-19)30-16-20-5-9-22(26)10-6-20/h3-14H,16H2,1-2H3,(H,28,29)/b21-14+. The van der Waals surface area contributed by atoms with Crippen molar-refractivity contribution in [3.05, 3.63) is 99.6 Å². The van der Waals surface area contributed by atoms with Crippen LogP contribution in [0.15, 0.2) is 72.3 Å². The van der Waals surface area contributed by atoms with Crippen molar-refractivity contribution in [2.45, 2.75) is 20.5 Å². The molecule has 0 radical (unpaired) electrons. The van der Waals surface area contributed by atoms with E-state index in [-0.39, 0.29) is 5.57 Å². The highest BCUT2D eigenvalue weighted by molar-refractivity contribution is 6.30. The fraction of sp³-hybridized carbons (Fsp3) is 0.120. The van der Waals surface area contributed by atoms with E-state index in [0.29, 0.717) is 23.1 Å². The molecule has 30 heavy (non-hydrogen) atoms. The second kappa shape index (κ2) is 9.78. The molecular weight excluding hydrogens is 396 g/mol. The molecule has 150 valence electrons. The first-order valence-electron chi connectivity index (χ1n) is 9.42. The first-order valence-corrected chi connectivity index (χ1v) is 9.80. The Kier molecular flexibility index (Phi) is 6.90. The molecule has 1 N–H and O–H groups in total. The summed E-state index contributed by atoms with van der Waals surface area (Å²) in [6, 6.07) is 22.5. The van der Waals surface area contributed by atoms with Crippen LogP contribution in [0.1, 0.15) is 22.3 Å². The van der Waals surface area contributed by atoms with E-state index in [2.05, 4.69) is 5.32 Å². The Morgan fingerprint density at radius 1 is 1.07 bits per heavy atom. The lowest BCUT2D eigenvalue weighted by Crippen LogP contribution is -2.14. The Bertz CT molecular complexity index is 1110. The minimum atomic E-state index is -0.436. The van der Waals surface area contributed by atoms with E-state index < -0.39 is 5.91 Å². The first kappa shape index (κ1) is 21.2. The number of aryl methyl sites for hydroxylation is 2. The van der Waals surface area contributed by atoms with Crippen LogP contribution in [0.5, 0.6) is 5.75 Å². The van der Waals surface area contributed by atoms with Gasteiger partial charge in [0.2, 0.25) is 0 Å². The Labute approximate surface area is 181 Å². The molecule has 0 fully saturated rings. The number of hydrogen-bond acceptors (Lipinski definition) is 3. The van der Waals surface area contributed by atoms with Crippen LogP contribution >= 0.6 is 11.6 Å². The molecule has 0 aromatic heterocycles. The summed E-state index contributed by atoms with van der Waals surface area (Å²) in [6.45, 7) is 4.29. The van der Waals surface area contributed by atoms with E-state index in [1.807, 2.05) is 62.4 Å². The molecule has 3 aromatic carbocycles. The fourth-order valence-corrected chi connectivity index (χ4v) is 2.91. The lowest BCUT2D eigenvalue weighted by atomic mass is 10.1. The quantitative estimate of drug-likeness (QED) is 0.391. The number of nitrogens with one attached hydrogen (secondary N) is 1. The third-order valence-electron chi connectivity index (χ3n) is 4.52. The Morgan fingerprint density at radius 2 is 1.77 bits per heavy atom. The van der Waals surface area contributed by atoms with Crippen LogP contribution < -0.4 is 10.1 Å². The molecular formula is C25H21ClN2O2. The monoisotopic (exact) mass is 416 g/mol. The van der Waals surface area contributed by atoms with Crippen molar-refractivity contribution < 1.29 is 9.53 Å². The van der Waals surface area contributed by atoms with E-state index >= 15 is 0 Å². The van der Waals surface area contributed by atoms with Crippen molar-refractivity contribution in [1.82, 2.24) is 0 Å². The van der Waals surface area contributed by atoms with Gasteiger partial charge in [0.25, 0.3) is 5.91 Å². The van der Waals surface area contributed by atoms with Crippen LogP contribution in [0.2, 0.25) is 5.02 Å². The van der Waals surface area contributed by atoms with Crippen molar-refractivity contribution in [1.29, 1.82) is 5.26 Å². The summed E-state index contributed by atoms with van der Waals surface area (Å²) in [5.41, 5.74) is 4.46. The number of anilines is 1. The second-order valence-corrected chi connectivity index (χ2v) is 7.36. The molecule has 0 unspecified atom stereocenters. The number of hydrogen-bond donors (Lipinski definition) is 1. The van der Waals surface area contributed by atoms with Crippen LogP contribution in [0.3, 0.4) is 0 Å². The first-order chi connectivity index (χ1) is 14.4. The molecule has 0 saturated heterocycles. The molecule has 5 heteroatoms. The summed E-state index contributed by atoms with van der Waals surface area (Å²) in [7, 11) is 0. The number of halogens is 1. The summed E-state index contributed by atoms with van der Waals surface area (Å²) >= 11 is 5.88. The Morgan fingerprint density at radius 3 is 2.43 bits per heavy atom. The van der Waals surface area contributed by atoms with E-state index in [1.54, 1.807) is 30.3 Å². The largest absolute Gasteiger partial charge is 0.489 e. The number of rotatable bonds is 6. The van der Waals surface area contributed by atoms with Gasteiger partial charge in [0.1, 0.15) is 24.0 Å². The number of amides is 1. The second-order valence-electron chi connectivity index (χ2n) is 6.93. The van der Waals surface area contributed by atoms with Gasteiger partial charge in [-0.1, -0.05) is 48.0 Å². The molecule has 0 aliphatic carbocycles. The fourth-order valence-electron chi connectivity index (χ4n) is 2.78. The summed E-state index contributed by atoms with van der Waals surface area (Å²) in [5.74, 6) is 0.259. The van der Waals surface area contributed by atoms with Crippen molar-refractivity contribution in [3.8, 4) is 11.8 Å². The van der Waals surface area contributed by atoms with Gasteiger partial charge in [-0.3, -0.25) is 4.79 Å². The van der Waals surface area contributed by atoms with Gasteiger partial charge in [0.15, 0.2) is 0 Å². The highest BCUT2D eigenvalue weighted by Gasteiger charge is 2.11. The van der Waals surface area contributed by atoms with Crippen molar-refractivity contribution in [3.63, 3.8) is 0 Å². The maximum Gasteiger partial charge on any atom is 0.266 e. The summed E-state index contributed by atoms with van der Waals surface area (Å²) in [6.07, 6.45) is 1.56. The Hall–Kier alpha value is -3.55. The van der Waals surface area contributed by atoms with Crippen molar-refractivity contribution in [2.75, 3.05) is 5.32 Å². The summed E-state index contributed by atoms with van der Waals surface area (Å²) in [5, 5.41) is 12.9. The SMILES string of the molecule is Cc1ccc(C)c(NC(=O)/C(C#N)=C/c2ccc(OCc3ccc(Cl)cc3)cc2)c1. The molecule has 0 spiro atoms. The third kappa shape index (κ3) is 5.73. The summed E-state index contributed by atoms with van der Waals surface area (Å²) < 4.78 is 5.76. The van der Waals surface area contributed by atoms with Crippen LogP contribution in [-0.2, 0) is 11.4 Å². The zero-order chi connectivity index (χ0) is 21.5. The minimum Gasteiger partial charge on any atom is -0.489 e. The number of carbonyl (C=O) groups is 1. The third-order valence-corrected chi connectivity index (χ3v) is 4.77. The molecule has 0 heterocycles. The highest BCUT2D eigenvalue weighted by Crippen LogP contribution is 2.19. The molecule has 0 saturated carbocycles. The molecule has 0 aliphatic heterocycles. The van der Waals surface area contributed by atoms with Gasteiger partial charge in [-0.25, -0.2) is 0 Å². The maximum atomic E-state index is 12.5. The van der Waals surface area contributed by atoms with E-state index in [1.165, 1.54) is 0 Å². The van der Waals surface area contributed by atoms with E-state index in [4.69, 9.17) is 16.3 Å². The number of nitrogens with zero attached hydrogens (tertiary/aromatic N) is 1. The number of ether oxygens (including phenoxy) is 1. The van der Waals surface area contributed by atoms with Crippen LogP contribution in [0.4, 0.5) is 5.69 Å². The Balaban J connectivity index is 1.66. The molecule has 4 nitrogen and oxygen atoms in total. The molecule has 1 amide bonds. The van der Waals surface area contributed by atoms with Gasteiger partial charge < -0.3 is 10.1 Å². The molecule has 3 aromatic rings. The van der Waals surface area contributed by atoms with Gasteiger partial charge in [0, 0.05) is 10.7 Å². The zero-order valence-electron chi connectivity index (χ0n) is 16.8.